The molecule has 1 aromatic carbocycles. The molecule has 2 N–H and O–H groups in total. The average Bonchev–Trinajstić information content (AvgIpc) is 3.36. The standard InChI is InChI=1S/C28H35N3O6S/c1-20-17-31(21(2)19-32)27(33)24-15-22(11-14-28(34)12-7-8-13-28)16-29-26(24)37-25(20)18-30(3)38(35,36)23-9-5-4-6-10-23/h4-6,9-10,15-16,20-21,25,32,34H,7-8,12-13,17-19H2,1-3H3/t20-,21+,25+/m0/s1. The summed E-state index contributed by atoms with van der Waals surface area (Å²) in [7, 11) is -2.27. The number of sulfonamides is 1. The van der Waals surface area contributed by atoms with Crippen LogP contribution in [0.15, 0.2) is 47.5 Å². The maximum absolute atomic E-state index is 13.6. The van der Waals surface area contributed by atoms with E-state index in [1.807, 2.05) is 6.92 Å². The molecule has 4 rings (SSSR count). The first kappa shape index (κ1) is 28.0. The molecule has 204 valence electrons. The summed E-state index contributed by atoms with van der Waals surface area (Å²) in [5.74, 6) is 5.34. The van der Waals surface area contributed by atoms with Crippen molar-refractivity contribution in [3.63, 3.8) is 0 Å². The molecule has 1 aromatic heterocycles. The number of ether oxygens (including phenoxy) is 1. The third kappa shape index (κ3) is 6.02. The Balaban J connectivity index is 1.67. The minimum Gasteiger partial charge on any atom is -0.472 e. The number of carbonyl (C=O) groups is 1. The maximum Gasteiger partial charge on any atom is 0.259 e. The summed E-state index contributed by atoms with van der Waals surface area (Å²) in [4.78, 5) is 19.7. The first-order valence-electron chi connectivity index (χ1n) is 12.9. The highest BCUT2D eigenvalue weighted by Gasteiger charge is 2.36. The van der Waals surface area contributed by atoms with Crippen molar-refractivity contribution in [3.05, 3.63) is 53.7 Å². The van der Waals surface area contributed by atoms with Crippen LogP contribution in [-0.4, -0.2) is 83.2 Å². The van der Waals surface area contributed by atoms with E-state index in [-0.39, 0.29) is 47.9 Å². The molecule has 10 heteroatoms. The van der Waals surface area contributed by atoms with Crippen molar-refractivity contribution in [2.75, 3.05) is 26.7 Å². The average molecular weight is 542 g/mol. The number of aromatic nitrogens is 1. The second-order valence-electron chi connectivity index (χ2n) is 10.3. The Morgan fingerprint density at radius 3 is 2.61 bits per heavy atom. The quantitative estimate of drug-likeness (QED) is 0.539. The van der Waals surface area contributed by atoms with E-state index in [1.54, 1.807) is 48.2 Å². The van der Waals surface area contributed by atoms with Crippen LogP contribution in [0.5, 0.6) is 5.88 Å². The number of likely N-dealkylation sites (N-methyl/N-ethyl adjacent to an activating group) is 1. The van der Waals surface area contributed by atoms with Crippen LogP contribution in [0.25, 0.3) is 0 Å². The number of hydrogen-bond acceptors (Lipinski definition) is 7. The van der Waals surface area contributed by atoms with Gasteiger partial charge in [0, 0.05) is 31.3 Å². The zero-order valence-corrected chi connectivity index (χ0v) is 22.8. The molecule has 1 saturated carbocycles. The fourth-order valence-corrected chi connectivity index (χ4v) is 5.99. The van der Waals surface area contributed by atoms with Crippen LogP contribution >= 0.6 is 0 Å². The summed E-state index contributed by atoms with van der Waals surface area (Å²) in [6.07, 6.45) is 3.93. The van der Waals surface area contributed by atoms with Crippen molar-refractivity contribution in [3.8, 4) is 17.7 Å². The largest absolute Gasteiger partial charge is 0.472 e. The summed E-state index contributed by atoms with van der Waals surface area (Å²) in [5, 5.41) is 20.4. The Kier molecular flexibility index (Phi) is 8.43. The summed E-state index contributed by atoms with van der Waals surface area (Å²) in [6, 6.07) is 9.28. The number of aliphatic hydroxyl groups excluding tert-OH is 1. The Labute approximate surface area is 224 Å². The molecule has 0 saturated heterocycles. The Morgan fingerprint density at radius 2 is 1.95 bits per heavy atom. The Morgan fingerprint density at radius 1 is 1.26 bits per heavy atom. The molecule has 1 amide bonds. The fourth-order valence-electron chi connectivity index (χ4n) is 4.79. The summed E-state index contributed by atoms with van der Waals surface area (Å²) in [5.41, 5.74) is -0.384. The van der Waals surface area contributed by atoms with E-state index in [0.29, 0.717) is 18.4 Å². The van der Waals surface area contributed by atoms with Crippen molar-refractivity contribution >= 4 is 15.9 Å². The molecule has 1 aliphatic carbocycles. The highest BCUT2D eigenvalue weighted by atomic mass is 32.2. The lowest BCUT2D eigenvalue weighted by Gasteiger charge is -2.37. The first-order valence-corrected chi connectivity index (χ1v) is 14.3. The molecule has 0 bridgehead atoms. The Hall–Kier alpha value is -2.97. The van der Waals surface area contributed by atoms with Gasteiger partial charge >= 0.3 is 0 Å². The van der Waals surface area contributed by atoms with Gasteiger partial charge in [-0.05, 0) is 50.8 Å². The van der Waals surface area contributed by atoms with Gasteiger partial charge in [-0.15, -0.1) is 0 Å². The van der Waals surface area contributed by atoms with Gasteiger partial charge < -0.3 is 19.8 Å². The number of fused-ring (bicyclic) bond motifs is 1. The van der Waals surface area contributed by atoms with Gasteiger partial charge in [-0.2, -0.15) is 4.31 Å². The van der Waals surface area contributed by atoms with E-state index in [1.165, 1.54) is 17.5 Å². The van der Waals surface area contributed by atoms with Gasteiger partial charge in [0.1, 0.15) is 17.3 Å². The molecule has 0 radical (unpaired) electrons. The van der Waals surface area contributed by atoms with Crippen LogP contribution < -0.4 is 4.74 Å². The molecule has 9 nitrogen and oxygen atoms in total. The van der Waals surface area contributed by atoms with Gasteiger partial charge in [-0.1, -0.05) is 37.0 Å². The highest BCUT2D eigenvalue weighted by molar-refractivity contribution is 7.89. The molecule has 3 atom stereocenters. The summed E-state index contributed by atoms with van der Waals surface area (Å²) >= 11 is 0. The van der Waals surface area contributed by atoms with E-state index in [9.17, 15) is 23.4 Å². The highest BCUT2D eigenvalue weighted by Crippen LogP contribution is 2.30. The van der Waals surface area contributed by atoms with E-state index in [2.05, 4.69) is 16.8 Å². The van der Waals surface area contributed by atoms with Crippen molar-refractivity contribution in [1.82, 2.24) is 14.2 Å². The molecule has 0 unspecified atom stereocenters. The van der Waals surface area contributed by atoms with Crippen LogP contribution in [0, 0.1) is 17.8 Å². The fraction of sp³-hybridized carbons (Fsp3) is 0.500. The third-order valence-corrected chi connectivity index (χ3v) is 9.12. The molecule has 2 heterocycles. The predicted molar refractivity (Wildman–Crippen MR) is 142 cm³/mol. The second-order valence-corrected chi connectivity index (χ2v) is 12.3. The normalized spacial score (nSPS) is 22.1. The van der Waals surface area contributed by atoms with Gasteiger partial charge in [0.05, 0.1) is 24.1 Å². The molecule has 1 fully saturated rings. The van der Waals surface area contributed by atoms with Crippen molar-refractivity contribution in [2.24, 2.45) is 5.92 Å². The lowest BCUT2D eigenvalue weighted by molar-refractivity contribution is 0.0373. The second kappa shape index (κ2) is 11.4. The smallest absolute Gasteiger partial charge is 0.259 e. The molecule has 0 spiro atoms. The molecule has 1 aliphatic heterocycles. The minimum atomic E-state index is -3.76. The van der Waals surface area contributed by atoms with Crippen molar-refractivity contribution in [2.45, 2.75) is 62.2 Å². The number of benzene rings is 1. The van der Waals surface area contributed by atoms with Gasteiger partial charge in [-0.3, -0.25) is 4.79 Å². The minimum absolute atomic E-state index is 0.0314. The van der Waals surface area contributed by atoms with Crippen LogP contribution in [0.2, 0.25) is 0 Å². The molecule has 38 heavy (non-hydrogen) atoms. The first-order chi connectivity index (χ1) is 18.0. The molecular weight excluding hydrogens is 506 g/mol. The van der Waals surface area contributed by atoms with Crippen LogP contribution in [0.3, 0.4) is 0 Å². The SMILES string of the molecule is C[C@H](CO)N1C[C@H](C)[C@@H](CN(C)S(=O)(=O)c2ccccc2)Oc2ncc(C#CC3(O)CCCC3)cc2C1=O. The molecule has 2 aromatic rings. The number of aliphatic hydroxyl groups is 2. The number of carbonyl (C=O) groups excluding carboxylic acids is 1. The lowest BCUT2D eigenvalue weighted by atomic mass is 10.00. The third-order valence-electron chi connectivity index (χ3n) is 7.28. The topological polar surface area (TPSA) is 120 Å². The molecule has 2 aliphatic rings. The number of amides is 1. The van der Waals surface area contributed by atoms with Crippen LogP contribution in [0.4, 0.5) is 0 Å². The summed E-state index contributed by atoms with van der Waals surface area (Å²) in [6.45, 7) is 3.68. The van der Waals surface area contributed by atoms with Crippen LogP contribution in [0.1, 0.15) is 55.5 Å². The monoisotopic (exact) mass is 541 g/mol. The van der Waals surface area contributed by atoms with Gasteiger partial charge in [0.2, 0.25) is 15.9 Å². The van der Waals surface area contributed by atoms with E-state index in [4.69, 9.17) is 4.74 Å². The lowest BCUT2D eigenvalue weighted by Crippen LogP contribution is -2.50. The number of rotatable bonds is 6. The predicted octanol–water partition coefficient (Wildman–Crippen LogP) is 2.28. The van der Waals surface area contributed by atoms with Crippen LogP contribution in [-0.2, 0) is 10.0 Å². The van der Waals surface area contributed by atoms with Gasteiger partial charge in [-0.25, -0.2) is 13.4 Å². The van der Waals surface area contributed by atoms with Gasteiger partial charge in [0.25, 0.3) is 5.91 Å². The number of nitrogens with zero attached hydrogens (tertiary/aromatic N) is 3. The van der Waals surface area contributed by atoms with E-state index < -0.39 is 27.8 Å². The summed E-state index contributed by atoms with van der Waals surface area (Å²) < 4.78 is 33.8. The van der Waals surface area contributed by atoms with Crippen molar-refractivity contribution in [1.29, 1.82) is 0 Å². The van der Waals surface area contributed by atoms with E-state index in [0.717, 1.165) is 12.8 Å². The maximum atomic E-state index is 13.6. The zero-order chi connectivity index (χ0) is 27.5. The zero-order valence-electron chi connectivity index (χ0n) is 22.0. The Bertz CT molecular complexity index is 1320. The number of hydrogen-bond donors (Lipinski definition) is 2. The molecular formula is C28H35N3O6S. The van der Waals surface area contributed by atoms with Gasteiger partial charge in [0.15, 0.2) is 0 Å². The van der Waals surface area contributed by atoms with E-state index >= 15 is 0 Å². The number of pyridine rings is 1. The van der Waals surface area contributed by atoms with Crippen molar-refractivity contribution < 1.29 is 28.2 Å².